The molecule has 0 saturated heterocycles. The van der Waals surface area contributed by atoms with Gasteiger partial charge in [-0.05, 0) is 68.5 Å². The fourth-order valence-corrected chi connectivity index (χ4v) is 5.01. The zero-order valence-electron chi connectivity index (χ0n) is 19.0. The molecular weight excluding hydrogens is 420 g/mol. The van der Waals surface area contributed by atoms with E-state index in [2.05, 4.69) is 22.2 Å². The first-order valence-electron chi connectivity index (χ1n) is 10.7. The molecule has 6 heteroatoms. The Labute approximate surface area is 190 Å². The van der Waals surface area contributed by atoms with Crippen molar-refractivity contribution in [1.29, 1.82) is 0 Å². The highest BCUT2D eigenvalue weighted by Crippen LogP contribution is 2.22. The van der Waals surface area contributed by atoms with Crippen LogP contribution in [-0.4, -0.2) is 14.3 Å². The molecule has 0 spiro atoms. The molecule has 2 N–H and O–H groups in total. The van der Waals surface area contributed by atoms with Gasteiger partial charge in [0.25, 0.3) is 0 Å². The van der Waals surface area contributed by atoms with Crippen molar-refractivity contribution < 1.29 is 13.2 Å². The Balaban J connectivity index is 1.59. The van der Waals surface area contributed by atoms with Crippen molar-refractivity contribution in [2.75, 3.05) is 5.32 Å². The number of amides is 1. The third-order valence-corrected chi connectivity index (χ3v) is 7.00. The van der Waals surface area contributed by atoms with Crippen molar-refractivity contribution >= 4 is 21.6 Å². The minimum absolute atomic E-state index is 0.0601. The normalized spacial score (nSPS) is 12.4. The lowest BCUT2D eigenvalue weighted by Gasteiger charge is -2.15. The van der Waals surface area contributed by atoms with Crippen LogP contribution in [0, 0.1) is 20.8 Å². The second-order valence-electron chi connectivity index (χ2n) is 8.22. The lowest BCUT2D eigenvalue weighted by molar-refractivity contribution is -0.116. The fraction of sp³-hybridized carbons (Fsp3) is 0.269. The van der Waals surface area contributed by atoms with E-state index in [0.29, 0.717) is 12.8 Å². The number of carbonyl (C=O) groups is 1. The summed E-state index contributed by atoms with van der Waals surface area (Å²) in [6.07, 6.45) is 0.853. The lowest BCUT2D eigenvalue weighted by atomic mass is 10.0. The summed E-state index contributed by atoms with van der Waals surface area (Å²) in [5.74, 6) is -0.0601. The van der Waals surface area contributed by atoms with Gasteiger partial charge in [-0.15, -0.1) is 0 Å². The van der Waals surface area contributed by atoms with Crippen LogP contribution in [0.3, 0.4) is 0 Å². The summed E-state index contributed by atoms with van der Waals surface area (Å²) in [5.41, 5.74) is 5.93. The number of aryl methyl sites for hydroxylation is 4. The molecule has 168 valence electrons. The molecule has 0 aromatic heterocycles. The summed E-state index contributed by atoms with van der Waals surface area (Å²) in [7, 11) is -3.64. The van der Waals surface area contributed by atoms with Crippen LogP contribution in [0.4, 0.5) is 5.69 Å². The van der Waals surface area contributed by atoms with E-state index in [1.807, 2.05) is 58.0 Å². The first kappa shape index (κ1) is 23.7. The summed E-state index contributed by atoms with van der Waals surface area (Å²) in [6.45, 7) is 7.83. The number of hydrogen-bond acceptors (Lipinski definition) is 3. The van der Waals surface area contributed by atoms with E-state index in [1.54, 1.807) is 24.3 Å². The molecule has 3 aromatic rings. The Morgan fingerprint density at radius 1 is 0.906 bits per heavy atom. The second kappa shape index (κ2) is 10.1. The molecule has 0 aliphatic rings. The molecule has 0 bridgehead atoms. The van der Waals surface area contributed by atoms with Crippen LogP contribution >= 0.6 is 0 Å². The fourth-order valence-electron chi connectivity index (χ4n) is 3.78. The largest absolute Gasteiger partial charge is 0.326 e. The van der Waals surface area contributed by atoms with Crippen molar-refractivity contribution in [3.63, 3.8) is 0 Å². The Kier molecular flexibility index (Phi) is 7.48. The molecule has 0 heterocycles. The Morgan fingerprint density at radius 2 is 1.50 bits per heavy atom. The summed E-state index contributed by atoms with van der Waals surface area (Å²) in [5, 5.41) is 3.00. The lowest BCUT2D eigenvalue weighted by Crippen LogP contribution is -2.26. The molecule has 1 atom stereocenters. The predicted molar refractivity (Wildman–Crippen MR) is 129 cm³/mol. The predicted octanol–water partition coefficient (Wildman–Crippen LogP) is 5.22. The molecular formula is C26H30N2O3S. The Morgan fingerprint density at radius 3 is 2.09 bits per heavy atom. The quantitative estimate of drug-likeness (QED) is 0.494. The number of benzene rings is 3. The van der Waals surface area contributed by atoms with Crippen LogP contribution in [0.25, 0.3) is 0 Å². The summed E-state index contributed by atoms with van der Waals surface area (Å²) < 4.78 is 28.1. The zero-order chi connectivity index (χ0) is 23.3. The van der Waals surface area contributed by atoms with Gasteiger partial charge in [0.1, 0.15) is 0 Å². The van der Waals surface area contributed by atoms with Crippen molar-refractivity contribution in [1.82, 2.24) is 4.72 Å². The van der Waals surface area contributed by atoms with Crippen LogP contribution in [0.2, 0.25) is 0 Å². The molecule has 0 radical (unpaired) electrons. The standard InChI is InChI=1S/C26H30N2O3S/c1-18-16-19(2)26(20(3)17-18)27-25(29)15-12-22-10-13-24(14-11-22)32(30,31)28-21(4)23-8-6-5-7-9-23/h5-11,13-14,16-17,21,28H,12,15H2,1-4H3,(H,27,29)/t21-/m1/s1. The molecule has 0 fully saturated rings. The highest BCUT2D eigenvalue weighted by molar-refractivity contribution is 7.89. The number of anilines is 1. The Bertz CT molecular complexity index is 1160. The van der Waals surface area contributed by atoms with Crippen molar-refractivity contribution in [2.24, 2.45) is 0 Å². The van der Waals surface area contributed by atoms with E-state index in [0.717, 1.165) is 27.9 Å². The summed E-state index contributed by atoms with van der Waals surface area (Å²) >= 11 is 0. The van der Waals surface area contributed by atoms with E-state index in [1.165, 1.54) is 5.56 Å². The zero-order valence-corrected chi connectivity index (χ0v) is 19.8. The van der Waals surface area contributed by atoms with Crippen LogP contribution in [0.5, 0.6) is 0 Å². The average molecular weight is 451 g/mol. The third-order valence-electron chi connectivity index (χ3n) is 5.45. The molecule has 0 unspecified atom stereocenters. The monoisotopic (exact) mass is 450 g/mol. The van der Waals surface area contributed by atoms with Gasteiger partial charge in [-0.1, -0.05) is 60.2 Å². The summed E-state index contributed by atoms with van der Waals surface area (Å²) in [6, 6.07) is 19.9. The van der Waals surface area contributed by atoms with Crippen LogP contribution < -0.4 is 10.0 Å². The van der Waals surface area contributed by atoms with Gasteiger partial charge < -0.3 is 5.32 Å². The van der Waals surface area contributed by atoms with Crippen molar-refractivity contribution in [2.45, 2.75) is 51.5 Å². The minimum atomic E-state index is -3.64. The maximum atomic E-state index is 12.7. The number of carbonyl (C=O) groups excluding carboxylic acids is 1. The average Bonchev–Trinajstić information content (AvgIpc) is 2.75. The third kappa shape index (κ3) is 6.05. The van der Waals surface area contributed by atoms with Crippen molar-refractivity contribution in [3.05, 3.63) is 94.5 Å². The van der Waals surface area contributed by atoms with E-state index >= 15 is 0 Å². The molecule has 32 heavy (non-hydrogen) atoms. The van der Waals surface area contributed by atoms with Crippen LogP contribution in [0.1, 0.15) is 47.2 Å². The number of rotatable bonds is 8. The molecule has 0 saturated carbocycles. The van der Waals surface area contributed by atoms with Gasteiger partial charge in [0.2, 0.25) is 15.9 Å². The summed E-state index contributed by atoms with van der Waals surface area (Å²) in [4.78, 5) is 12.6. The number of nitrogens with one attached hydrogen (secondary N) is 2. The highest BCUT2D eigenvalue weighted by Gasteiger charge is 2.18. The number of sulfonamides is 1. The van der Waals surface area contributed by atoms with Gasteiger partial charge in [-0.3, -0.25) is 4.79 Å². The van der Waals surface area contributed by atoms with Gasteiger partial charge in [0.15, 0.2) is 0 Å². The van der Waals surface area contributed by atoms with Crippen LogP contribution in [0.15, 0.2) is 71.6 Å². The molecule has 0 aliphatic heterocycles. The van der Waals surface area contributed by atoms with E-state index in [4.69, 9.17) is 0 Å². The molecule has 3 aromatic carbocycles. The van der Waals surface area contributed by atoms with E-state index < -0.39 is 10.0 Å². The van der Waals surface area contributed by atoms with Gasteiger partial charge in [0.05, 0.1) is 4.90 Å². The number of hydrogen-bond donors (Lipinski definition) is 2. The molecule has 0 aliphatic carbocycles. The van der Waals surface area contributed by atoms with Crippen molar-refractivity contribution in [3.8, 4) is 0 Å². The smallest absolute Gasteiger partial charge is 0.241 e. The maximum Gasteiger partial charge on any atom is 0.241 e. The Hall–Kier alpha value is -2.96. The second-order valence-corrected chi connectivity index (χ2v) is 9.93. The minimum Gasteiger partial charge on any atom is -0.326 e. The maximum absolute atomic E-state index is 12.7. The first-order chi connectivity index (χ1) is 15.2. The molecule has 3 rings (SSSR count). The van der Waals surface area contributed by atoms with Gasteiger partial charge >= 0.3 is 0 Å². The van der Waals surface area contributed by atoms with E-state index in [9.17, 15) is 13.2 Å². The SMILES string of the molecule is Cc1cc(C)c(NC(=O)CCc2ccc(S(=O)(=O)N[C@H](C)c3ccccc3)cc2)c(C)c1. The molecule has 1 amide bonds. The highest BCUT2D eigenvalue weighted by atomic mass is 32.2. The topological polar surface area (TPSA) is 75.3 Å². The molecule has 5 nitrogen and oxygen atoms in total. The van der Waals surface area contributed by atoms with Crippen LogP contribution in [-0.2, 0) is 21.2 Å². The van der Waals surface area contributed by atoms with Gasteiger partial charge in [-0.2, -0.15) is 0 Å². The van der Waals surface area contributed by atoms with Gasteiger partial charge in [0, 0.05) is 18.2 Å². The first-order valence-corrected chi connectivity index (χ1v) is 12.2. The van der Waals surface area contributed by atoms with Gasteiger partial charge in [-0.25, -0.2) is 13.1 Å². The van der Waals surface area contributed by atoms with E-state index in [-0.39, 0.29) is 16.8 Å².